The molecule has 88 valence electrons. The standard InChI is InChI=1S/C11H15N3.C2H6/c12-11(9-4-7-13-8-5-9)10-3-1-2-6-14-10;1-2/h1-3,6,9,12-13H,4-5,7-8H2;1-2H3. The van der Waals surface area contributed by atoms with E-state index in [0.29, 0.717) is 11.6 Å². The van der Waals surface area contributed by atoms with Crippen molar-refractivity contribution < 1.29 is 0 Å². The number of rotatable bonds is 2. The van der Waals surface area contributed by atoms with Gasteiger partial charge in [0.15, 0.2) is 0 Å². The highest BCUT2D eigenvalue weighted by Crippen LogP contribution is 2.16. The minimum Gasteiger partial charge on any atom is -0.317 e. The van der Waals surface area contributed by atoms with Crippen molar-refractivity contribution in [3.63, 3.8) is 0 Å². The van der Waals surface area contributed by atoms with Gasteiger partial charge in [-0.3, -0.25) is 4.98 Å². The fraction of sp³-hybridized carbons (Fsp3) is 0.538. The SMILES string of the molecule is CC.N=C(c1ccccn1)C1CCNCC1. The quantitative estimate of drug-likeness (QED) is 0.751. The van der Waals surface area contributed by atoms with Crippen LogP contribution in [0.25, 0.3) is 0 Å². The van der Waals surface area contributed by atoms with E-state index in [4.69, 9.17) is 5.41 Å². The molecule has 0 bridgehead atoms. The van der Waals surface area contributed by atoms with Gasteiger partial charge in [-0.05, 0) is 38.1 Å². The van der Waals surface area contributed by atoms with Crippen LogP contribution in [-0.2, 0) is 0 Å². The highest BCUT2D eigenvalue weighted by molar-refractivity contribution is 5.98. The molecule has 0 spiro atoms. The number of piperidine rings is 1. The molecule has 2 N–H and O–H groups in total. The van der Waals surface area contributed by atoms with Crippen LogP contribution in [0.5, 0.6) is 0 Å². The summed E-state index contributed by atoms with van der Waals surface area (Å²) < 4.78 is 0. The number of hydrogen-bond donors (Lipinski definition) is 2. The minimum absolute atomic E-state index is 0.395. The largest absolute Gasteiger partial charge is 0.317 e. The van der Waals surface area contributed by atoms with Crippen LogP contribution >= 0.6 is 0 Å². The Morgan fingerprint density at radius 2 is 2.00 bits per heavy atom. The maximum atomic E-state index is 8.03. The number of hydrogen-bond acceptors (Lipinski definition) is 3. The Morgan fingerprint density at radius 1 is 1.31 bits per heavy atom. The van der Waals surface area contributed by atoms with E-state index >= 15 is 0 Å². The van der Waals surface area contributed by atoms with Gasteiger partial charge in [0.05, 0.1) is 11.4 Å². The van der Waals surface area contributed by atoms with Gasteiger partial charge in [0.25, 0.3) is 0 Å². The molecule has 0 radical (unpaired) electrons. The lowest BCUT2D eigenvalue weighted by atomic mass is 9.91. The number of nitrogens with one attached hydrogen (secondary N) is 2. The first kappa shape index (κ1) is 12.8. The summed E-state index contributed by atoms with van der Waals surface area (Å²) in [4.78, 5) is 4.21. The normalized spacial score (nSPS) is 16.1. The van der Waals surface area contributed by atoms with E-state index in [2.05, 4.69) is 10.3 Å². The smallest absolute Gasteiger partial charge is 0.0840 e. The highest BCUT2D eigenvalue weighted by Gasteiger charge is 2.19. The molecule has 0 amide bonds. The van der Waals surface area contributed by atoms with Gasteiger partial charge in [-0.2, -0.15) is 0 Å². The summed E-state index contributed by atoms with van der Waals surface area (Å²) in [6, 6.07) is 5.75. The molecular weight excluding hydrogens is 198 g/mol. The summed E-state index contributed by atoms with van der Waals surface area (Å²) >= 11 is 0. The van der Waals surface area contributed by atoms with E-state index < -0.39 is 0 Å². The second kappa shape index (κ2) is 7.12. The molecule has 1 aliphatic rings. The Labute approximate surface area is 97.8 Å². The van der Waals surface area contributed by atoms with Crippen LogP contribution in [0.4, 0.5) is 0 Å². The lowest BCUT2D eigenvalue weighted by Crippen LogP contribution is -2.32. The molecule has 3 heteroatoms. The topological polar surface area (TPSA) is 48.8 Å². The van der Waals surface area contributed by atoms with E-state index in [1.54, 1.807) is 6.20 Å². The minimum atomic E-state index is 0.395. The summed E-state index contributed by atoms with van der Waals surface area (Å²) in [6.07, 6.45) is 3.88. The maximum Gasteiger partial charge on any atom is 0.0840 e. The lowest BCUT2D eigenvalue weighted by Gasteiger charge is -2.22. The third-order valence-electron chi connectivity index (χ3n) is 2.69. The van der Waals surface area contributed by atoms with Crippen LogP contribution in [0.3, 0.4) is 0 Å². The molecule has 0 aliphatic carbocycles. The molecule has 16 heavy (non-hydrogen) atoms. The van der Waals surface area contributed by atoms with Gasteiger partial charge in [-0.1, -0.05) is 19.9 Å². The number of nitrogens with zero attached hydrogens (tertiary/aromatic N) is 1. The fourth-order valence-electron chi connectivity index (χ4n) is 1.84. The van der Waals surface area contributed by atoms with Crippen LogP contribution in [0.2, 0.25) is 0 Å². The molecule has 3 nitrogen and oxygen atoms in total. The summed E-state index contributed by atoms with van der Waals surface area (Å²) in [5.41, 5.74) is 1.53. The Hall–Kier alpha value is -1.22. The van der Waals surface area contributed by atoms with E-state index in [1.165, 1.54) is 0 Å². The van der Waals surface area contributed by atoms with Crippen LogP contribution in [0.15, 0.2) is 24.4 Å². The number of aromatic nitrogens is 1. The van der Waals surface area contributed by atoms with Gasteiger partial charge in [0.2, 0.25) is 0 Å². The Bertz CT molecular complexity index is 302. The van der Waals surface area contributed by atoms with E-state index in [0.717, 1.165) is 31.6 Å². The highest BCUT2D eigenvalue weighted by atomic mass is 14.9. The van der Waals surface area contributed by atoms with Gasteiger partial charge in [-0.25, -0.2) is 0 Å². The zero-order chi connectivity index (χ0) is 11.8. The lowest BCUT2D eigenvalue weighted by molar-refractivity contribution is 0.455. The average molecular weight is 219 g/mol. The van der Waals surface area contributed by atoms with Gasteiger partial charge >= 0.3 is 0 Å². The molecular formula is C13H21N3. The zero-order valence-corrected chi connectivity index (χ0v) is 10.2. The zero-order valence-electron chi connectivity index (χ0n) is 10.2. The van der Waals surface area contributed by atoms with Crippen molar-refractivity contribution in [3.8, 4) is 0 Å². The van der Waals surface area contributed by atoms with Crippen molar-refractivity contribution in [1.82, 2.24) is 10.3 Å². The summed E-state index contributed by atoms with van der Waals surface area (Å²) in [6.45, 7) is 6.06. The molecule has 1 aromatic heterocycles. The fourth-order valence-corrected chi connectivity index (χ4v) is 1.84. The molecule has 1 aromatic rings. The maximum absolute atomic E-state index is 8.03. The first-order chi connectivity index (χ1) is 7.88. The van der Waals surface area contributed by atoms with Crippen molar-refractivity contribution in [2.75, 3.05) is 13.1 Å². The molecule has 2 rings (SSSR count). The molecule has 0 unspecified atom stereocenters. The van der Waals surface area contributed by atoms with E-state index in [-0.39, 0.29) is 0 Å². The third-order valence-corrected chi connectivity index (χ3v) is 2.69. The third kappa shape index (κ3) is 3.42. The molecule has 0 saturated carbocycles. The summed E-state index contributed by atoms with van der Waals surface area (Å²) in [7, 11) is 0. The van der Waals surface area contributed by atoms with Gasteiger partial charge in [-0.15, -0.1) is 0 Å². The first-order valence-electron chi connectivity index (χ1n) is 6.08. The van der Waals surface area contributed by atoms with Crippen LogP contribution in [-0.4, -0.2) is 23.8 Å². The van der Waals surface area contributed by atoms with Crippen molar-refractivity contribution in [3.05, 3.63) is 30.1 Å². The monoisotopic (exact) mass is 219 g/mol. The molecule has 0 aromatic carbocycles. The van der Waals surface area contributed by atoms with Gasteiger partial charge in [0, 0.05) is 12.1 Å². The predicted molar refractivity (Wildman–Crippen MR) is 68.0 cm³/mol. The van der Waals surface area contributed by atoms with E-state index in [1.807, 2.05) is 32.0 Å². The van der Waals surface area contributed by atoms with Crippen molar-refractivity contribution >= 4 is 5.71 Å². The van der Waals surface area contributed by atoms with Crippen LogP contribution in [0, 0.1) is 11.3 Å². The van der Waals surface area contributed by atoms with Crippen molar-refractivity contribution in [1.29, 1.82) is 5.41 Å². The van der Waals surface area contributed by atoms with Gasteiger partial charge in [0.1, 0.15) is 0 Å². The van der Waals surface area contributed by atoms with Crippen molar-refractivity contribution in [2.45, 2.75) is 26.7 Å². The molecule has 1 aliphatic heterocycles. The second-order valence-corrected chi connectivity index (χ2v) is 3.65. The first-order valence-corrected chi connectivity index (χ1v) is 6.08. The summed E-state index contributed by atoms with van der Waals surface area (Å²) in [5.74, 6) is 0.395. The average Bonchev–Trinajstić information content (AvgIpc) is 2.42. The molecule has 0 atom stereocenters. The van der Waals surface area contributed by atoms with E-state index in [9.17, 15) is 0 Å². The van der Waals surface area contributed by atoms with Crippen molar-refractivity contribution in [2.24, 2.45) is 5.92 Å². The summed E-state index contributed by atoms with van der Waals surface area (Å²) in [5, 5.41) is 11.3. The molecule has 1 fully saturated rings. The molecule has 1 saturated heterocycles. The van der Waals surface area contributed by atoms with Gasteiger partial charge < -0.3 is 10.7 Å². The Balaban J connectivity index is 0.000000606. The number of pyridine rings is 1. The molecule has 2 heterocycles. The van der Waals surface area contributed by atoms with Crippen LogP contribution in [0.1, 0.15) is 32.4 Å². The van der Waals surface area contributed by atoms with Crippen LogP contribution < -0.4 is 5.32 Å². The Kier molecular flexibility index (Phi) is 5.72. The predicted octanol–water partition coefficient (Wildman–Crippen LogP) is 2.48. The second-order valence-electron chi connectivity index (χ2n) is 3.65. The Morgan fingerprint density at radius 3 is 2.56 bits per heavy atom.